The molecule has 1 heterocycles. The summed E-state index contributed by atoms with van der Waals surface area (Å²) in [6.45, 7) is 0. The molecular formula is C17H15N3S. The van der Waals surface area contributed by atoms with Gasteiger partial charge in [-0.05, 0) is 35.7 Å². The van der Waals surface area contributed by atoms with E-state index in [1.165, 1.54) is 5.39 Å². The lowest BCUT2D eigenvalue weighted by molar-refractivity contribution is 1.14. The van der Waals surface area contributed by atoms with Crippen LogP contribution in [0.4, 0.5) is 11.5 Å². The number of pyridine rings is 1. The number of nitrogens with two attached hydrogens (primary N) is 1. The van der Waals surface area contributed by atoms with Crippen LogP contribution in [0.5, 0.6) is 0 Å². The number of benzene rings is 2. The molecular weight excluding hydrogens is 278 g/mol. The predicted octanol–water partition coefficient (Wildman–Crippen LogP) is 3.64. The molecule has 0 aliphatic carbocycles. The van der Waals surface area contributed by atoms with Crippen molar-refractivity contribution in [2.24, 2.45) is 5.73 Å². The van der Waals surface area contributed by atoms with Crippen LogP contribution in [0.15, 0.2) is 60.8 Å². The predicted molar refractivity (Wildman–Crippen MR) is 92.1 cm³/mol. The maximum absolute atomic E-state index is 5.63. The molecule has 4 heteroatoms. The Kier molecular flexibility index (Phi) is 3.54. The lowest BCUT2D eigenvalue weighted by Gasteiger charge is -2.20. The number of anilines is 2. The second-order valence-corrected chi connectivity index (χ2v) is 5.27. The third kappa shape index (κ3) is 2.58. The summed E-state index contributed by atoms with van der Waals surface area (Å²) in [5, 5.41) is 2.30. The van der Waals surface area contributed by atoms with E-state index in [9.17, 15) is 0 Å². The largest absolute Gasteiger partial charge is 0.389 e. The average molecular weight is 293 g/mol. The van der Waals surface area contributed by atoms with E-state index >= 15 is 0 Å². The van der Waals surface area contributed by atoms with Gasteiger partial charge < -0.3 is 10.6 Å². The highest BCUT2D eigenvalue weighted by Crippen LogP contribution is 2.28. The number of hydrogen-bond acceptors (Lipinski definition) is 3. The molecule has 0 unspecified atom stereocenters. The Morgan fingerprint density at radius 1 is 1.05 bits per heavy atom. The Morgan fingerprint density at radius 2 is 1.76 bits per heavy atom. The Morgan fingerprint density at radius 3 is 2.48 bits per heavy atom. The Bertz CT molecular complexity index is 791. The average Bonchev–Trinajstić information content (AvgIpc) is 2.53. The summed E-state index contributed by atoms with van der Waals surface area (Å²) in [6.07, 6.45) is 1.83. The van der Waals surface area contributed by atoms with Crippen LogP contribution in [0.25, 0.3) is 10.8 Å². The third-order valence-electron chi connectivity index (χ3n) is 3.51. The molecule has 2 N–H and O–H groups in total. The first kappa shape index (κ1) is 13.5. The van der Waals surface area contributed by atoms with E-state index in [0.717, 1.165) is 22.5 Å². The molecule has 0 bridgehead atoms. The zero-order valence-corrected chi connectivity index (χ0v) is 12.5. The van der Waals surface area contributed by atoms with Gasteiger partial charge in [-0.25, -0.2) is 4.98 Å². The number of aromatic nitrogens is 1. The van der Waals surface area contributed by atoms with E-state index in [-0.39, 0.29) is 0 Å². The van der Waals surface area contributed by atoms with Gasteiger partial charge in [0.05, 0.1) is 0 Å². The Labute approximate surface area is 129 Å². The fraction of sp³-hybridized carbons (Fsp3) is 0.0588. The van der Waals surface area contributed by atoms with Crippen molar-refractivity contribution in [2.75, 3.05) is 11.9 Å². The van der Waals surface area contributed by atoms with Crippen LogP contribution < -0.4 is 10.6 Å². The van der Waals surface area contributed by atoms with E-state index in [2.05, 4.69) is 22.0 Å². The quantitative estimate of drug-likeness (QED) is 0.749. The molecule has 0 fully saturated rings. The van der Waals surface area contributed by atoms with E-state index in [4.69, 9.17) is 18.0 Å². The van der Waals surface area contributed by atoms with Crippen molar-refractivity contribution >= 4 is 39.5 Å². The molecule has 3 rings (SSSR count). The van der Waals surface area contributed by atoms with Crippen LogP contribution in [0.3, 0.4) is 0 Å². The lowest BCUT2D eigenvalue weighted by atomic mass is 10.1. The summed E-state index contributed by atoms with van der Waals surface area (Å²) in [4.78, 5) is 6.99. The van der Waals surface area contributed by atoms with Crippen molar-refractivity contribution in [2.45, 2.75) is 0 Å². The number of rotatable bonds is 3. The van der Waals surface area contributed by atoms with Crippen LogP contribution in [0.1, 0.15) is 5.56 Å². The number of hydrogen-bond donors (Lipinski definition) is 1. The molecule has 0 radical (unpaired) electrons. The minimum Gasteiger partial charge on any atom is -0.389 e. The highest BCUT2D eigenvalue weighted by molar-refractivity contribution is 7.80. The number of nitrogens with zero attached hydrogens (tertiary/aromatic N) is 2. The number of thiocarbonyl (C=S) groups is 1. The molecule has 0 atom stereocenters. The molecule has 1 aromatic heterocycles. The standard InChI is InChI=1S/C17H15N3S/c1-20(14-8-6-13(7-9-14)16(18)21)17-15-5-3-2-4-12(15)10-11-19-17/h2-11H,1H3,(H2,18,21). The highest BCUT2D eigenvalue weighted by Gasteiger charge is 2.09. The van der Waals surface area contributed by atoms with Crippen molar-refractivity contribution < 1.29 is 0 Å². The van der Waals surface area contributed by atoms with Crippen molar-refractivity contribution in [3.05, 3.63) is 66.4 Å². The van der Waals surface area contributed by atoms with Crippen LogP contribution in [-0.4, -0.2) is 17.0 Å². The van der Waals surface area contributed by atoms with Gasteiger partial charge in [0.25, 0.3) is 0 Å². The molecule has 3 nitrogen and oxygen atoms in total. The van der Waals surface area contributed by atoms with Gasteiger partial charge in [-0.3, -0.25) is 0 Å². The van der Waals surface area contributed by atoms with Crippen molar-refractivity contribution in [1.82, 2.24) is 4.98 Å². The molecule has 2 aromatic carbocycles. The molecule has 0 saturated heterocycles. The summed E-state index contributed by atoms with van der Waals surface area (Å²) in [5.74, 6) is 0.927. The zero-order chi connectivity index (χ0) is 14.8. The van der Waals surface area contributed by atoms with E-state index < -0.39 is 0 Å². The first-order valence-corrected chi connectivity index (χ1v) is 7.05. The SMILES string of the molecule is CN(c1ccc(C(N)=S)cc1)c1nccc2ccccc12. The van der Waals surface area contributed by atoms with Gasteiger partial charge in [-0.2, -0.15) is 0 Å². The molecule has 0 spiro atoms. The minimum absolute atomic E-state index is 0.410. The summed E-state index contributed by atoms with van der Waals surface area (Å²) in [6, 6.07) is 18.1. The van der Waals surface area contributed by atoms with Crippen LogP contribution in [0, 0.1) is 0 Å². The van der Waals surface area contributed by atoms with E-state index in [0.29, 0.717) is 4.99 Å². The molecule has 21 heavy (non-hydrogen) atoms. The van der Waals surface area contributed by atoms with Gasteiger partial charge in [0.1, 0.15) is 10.8 Å². The Balaban J connectivity index is 2.04. The van der Waals surface area contributed by atoms with Gasteiger partial charge in [0, 0.05) is 29.9 Å². The van der Waals surface area contributed by atoms with Gasteiger partial charge in [-0.1, -0.05) is 36.5 Å². The van der Waals surface area contributed by atoms with Gasteiger partial charge in [-0.15, -0.1) is 0 Å². The minimum atomic E-state index is 0.410. The summed E-state index contributed by atoms with van der Waals surface area (Å²) >= 11 is 4.98. The van der Waals surface area contributed by atoms with Crippen LogP contribution in [-0.2, 0) is 0 Å². The summed E-state index contributed by atoms with van der Waals surface area (Å²) < 4.78 is 0. The molecule has 3 aromatic rings. The molecule has 0 aliphatic heterocycles. The normalized spacial score (nSPS) is 10.5. The topological polar surface area (TPSA) is 42.1 Å². The van der Waals surface area contributed by atoms with Gasteiger partial charge in [0.15, 0.2) is 0 Å². The number of fused-ring (bicyclic) bond motifs is 1. The fourth-order valence-corrected chi connectivity index (χ4v) is 2.48. The second-order valence-electron chi connectivity index (χ2n) is 4.83. The maximum Gasteiger partial charge on any atom is 0.140 e. The molecule has 0 aliphatic rings. The van der Waals surface area contributed by atoms with Crippen molar-refractivity contribution in [1.29, 1.82) is 0 Å². The summed E-state index contributed by atoms with van der Waals surface area (Å²) in [5.41, 5.74) is 7.54. The molecule has 104 valence electrons. The van der Waals surface area contributed by atoms with Gasteiger partial charge >= 0.3 is 0 Å². The van der Waals surface area contributed by atoms with Crippen LogP contribution >= 0.6 is 12.2 Å². The van der Waals surface area contributed by atoms with Crippen molar-refractivity contribution in [3.63, 3.8) is 0 Å². The first-order valence-electron chi connectivity index (χ1n) is 6.64. The maximum atomic E-state index is 5.63. The molecule has 0 amide bonds. The van der Waals surface area contributed by atoms with Gasteiger partial charge in [0.2, 0.25) is 0 Å². The second kappa shape index (κ2) is 5.50. The van der Waals surface area contributed by atoms with E-state index in [1.807, 2.05) is 55.7 Å². The molecule has 0 saturated carbocycles. The monoisotopic (exact) mass is 293 g/mol. The fourth-order valence-electron chi connectivity index (χ4n) is 2.34. The highest BCUT2D eigenvalue weighted by atomic mass is 32.1. The smallest absolute Gasteiger partial charge is 0.140 e. The Hall–Kier alpha value is -2.46. The van der Waals surface area contributed by atoms with E-state index in [1.54, 1.807) is 0 Å². The third-order valence-corrected chi connectivity index (χ3v) is 3.75. The first-order chi connectivity index (χ1) is 10.2. The van der Waals surface area contributed by atoms with Crippen molar-refractivity contribution in [3.8, 4) is 0 Å². The lowest BCUT2D eigenvalue weighted by Crippen LogP contribution is -2.13. The summed E-state index contributed by atoms with van der Waals surface area (Å²) in [7, 11) is 2.00. The van der Waals surface area contributed by atoms with Crippen LogP contribution in [0.2, 0.25) is 0 Å². The zero-order valence-electron chi connectivity index (χ0n) is 11.7.